The molecule has 3 atom stereocenters. The second kappa shape index (κ2) is 6.04. The Morgan fingerprint density at radius 3 is 2.90 bits per heavy atom. The summed E-state index contributed by atoms with van der Waals surface area (Å²) in [6.45, 7) is 6.62. The van der Waals surface area contributed by atoms with Gasteiger partial charge in [-0.2, -0.15) is 11.3 Å². The predicted molar refractivity (Wildman–Crippen MR) is 83.0 cm³/mol. The van der Waals surface area contributed by atoms with E-state index in [1.54, 1.807) is 0 Å². The van der Waals surface area contributed by atoms with Crippen LogP contribution in [0.25, 0.3) is 0 Å². The number of nitrogens with one attached hydrogen (secondary N) is 1. The van der Waals surface area contributed by atoms with Gasteiger partial charge in [-0.3, -0.25) is 4.79 Å². The number of carbonyl (C=O) groups is 1. The Kier molecular flexibility index (Phi) is 4.72. The van der Waals surface area contributed by atoms with E-state index in [4.69, 9.17) is 10.5 Å². The van der Waals surface area contributed by atoms with Gasteiger partial charge in [0.2, 0.25) is 5.91 Å². The van der Waals surface area contributed by atoms with Crippen LogP contribution in [0.4, 0.5) is 0 Å². The molecular formula is C15H24N2O3S. The molecule has 2 rings (SSSR count). The summed E-state index contributed by atoms with van der Waals surface area (Å²) < 4.78 is 5.62. The Labute approximate surface area is 129 Å². The molecule has 1 aromatic heterocycles. The van der Waals surface area contributed by atoms with Crippen LogP contribution in [0, 0.1) is 5.41 Å². The van der Waals surface area contributed by atoms with Crippen molar-refractivity contribution in [2.24, 2.45) is 11.1 Å². The maximum Gasteiger partial charge on any atom is 0.240 e. The summed E-state index contributed by atoms with van der Waals surface area (Å²) in [5, 5.41) is 16.5. The van der Waals surface area contributed by atoms with Gasteiger partial charge in [0, 0.05) is 25.0 Å². The summed E-state index contributed by atoms with van der Waals surface area (Å²) in [4.78, 5) is 12.4. The number of hydrogen-bond acceptors (Lipinski definition) is 5. The molecule has 1 aliphatic carbocycles. The number of aliphatic hydroxyl groups is 1. The van der Waals surface area contributed by atoms with E-state index < -0.39 is 17.1 Å². The zero-order valence-electron chi connectivity index (χ0n) is 12.8. The van der Waals surface area contributed by atoms with Crippen LogP contribution in [0.3, 0.4) is 0 Å². The Bertz CT molecular complexity index is 489. The van der Waals surface area contributed by atoms with Gasteiger partial charge in [-0.15, -0.1) is 0 Å². The monoisotopic (exact) mass is 312 g/mol. The van der Waals surface area contributed by atoms with Gasteiger partial charge in [0.15, 0.2) is 0 Å². The van der Waals surface area contributed by atoms with E-state index in [-0.39, 0.29) is 18.6 Å². The van der Waals surface area contributed by atoms with Crippen molar-refractivity contribution in [2.75, 3.05) is 13.2 Å². The second-order valence-electron chi connectivity index (χ2n) is 6.12. The molecule has 3 unspecified atom stereocenters. The molecule has 5 nitrogen and oxygen atoms in total. The number of nitrogens with two attached hydrogens (primary N) is 1. The first-order valence-corrected chi connectivity index (χ1v) is 8.16. The molecule has 1 aromatic rings. The quantitative estimate of drug-likeness (QED) is 0.742. The topological polar surface area (TPSA) is 84.6 Å². The Morgan fingerprint density at radius 1 is 1.67 bits per heavy atom. The fourth-order valence-electron chi connectivity index (χ4n) is 2.75. The highest BCUT2D eigenvalue weighted by molar-refractivity contribution is 7.07. The van der Waals surface area contributed by atoms with Gasteiger partial charge in [0.25, 0.3) is 0 Å². The lowest BCUT2D eigenvalue weighted by molar-refractivity contribution is -0.170. The van der Waals surface area contributed by atoms with Crippen LogP contribution in [0.5, 0.6) is 0 Å². The van der Waals surface area contributed by atoms with Crippen molar-refractivity contribution in [3.05, 3.63) is 22.4 Å². The van der Waals surface area contributed by atoms with Crippen LogP contribution in [0.15, 0.2) is 16.8 Å². The molecule has 1 saturated carbocycles. The molecule has 6 heteroatoms. The van der Waals surface area contributed by atoms with Gasteiger partial charge >= 0.3 is 0 Å². The van der Waals surface area contributed by atoms with Crippen molar-refractivity contribution >= 4 is 17.2 Å². The van der Waals surface area contributed by atoms with Crippen molar-refractivity contribution in [3.63, 3.8) is 0 Å². The van der Waals surface area contributed by atoms with E-state index in [0.717, 1.165) is 5.56 Å². The SMILES string of the molecule is CCOC1CC(N)(C(=O)NCC(O)c2ccsc2)C1(C)C. The molecule has 0 aliphatic heterocycles. The molecule has 1 amide bonds. The lowest BCUT2D eigenvalue weighted by Gasteiger charge is -2.57. The summed E-state index contributed by atoms with van der Waals surface area (Å²) in [7, 11) is 0. The molecule has 1 heterocycles. The van der Waals surface area contributed by atoms with Crippen LogP contribution in [0.1, 0.15) is 38.9 Å². The van der Waals surface area contributed by atoms with Crippen LogP contribution in [-0.4, -0.2) is 35.8 Å². The van der Waals surface area contributed by atoms with E-state index >= 15 is 0 Å². The first kappa shape index (κ1) is 16.4. The standard InChI is InChI=1S/C15H24N2O3S/c1-4-20-12-7-15(16,14(12,2)3)13(19)17-8-11(18)10-5-6-21-9-10/h5-6,9,11-12,18H,4,7-8,16H2,1-3H3,(H,17,19). The fourth-order valence-corrected chi connectivity index (χ4v) is 3.46. The smallest absolute Gasteiger partial charge is 0.240 e. The van der Waals surface area contributed by atoms with Crippen molar-refractivity contribution in [3.8, 4) is 0 Å². The molecule has 0 bridgehead atoms. The van der Waals surface area contributed by atoms with Crippen molar-refractivity contribution < 1.29 is 14.6 Å². The summed E-state index contributed by atoms with van der Waals surface area (Å²) in [5.41, 5.74) is 5.73. The van der Waals surface area contributed by atoms with Crippen LogP contribution in [-0.2, 0) is 9.53 Å². The number of rotatable bonds is 6. The normalized spacial score (nSPS) is 28.7. The number of ether oxygens (including phenoxy) is 1. The van der Waals surface area contributed by atoms with E-state index in [1.807, 2.05) is 37.6 Å². The summed E-state index contributed by atoms with van der Waals surface area (Å²) in [6.07, 6.45) is -0.191. The number of aliphatic hydroxyl groups excluding tert-OH is 1. The Balaban J connectivity index is 1.92. The molecule has 1 fully saturated rings. The van der Waals surface area contributed by atoms with Crippen LogP contribution in [0.2, 0.25) is 0 Å². The van der Waals surface area contributed by atoms with E-state index in [2.05, 4.69) is 5.32 Å². The van der Waals surface area contributed by atoms with Gasteiger partial charge in [0.05, 0.1) is 12.2 Å². The summed E-state index contributed by atoms with van der Waals surface area (Å²) in [6, 6.07) is 1.85. The Hall–Kier alpha value is -0.950. The van der Waals surface area contributed by atoms with E-state index in [0.29, 0.717) is 13.0 Å². The average molecular weight is 312 g/mol. The van der Waals surface area contributed by atoms with Crippen molar-refractivity contribution in [1.29, 1.82) is 0 Å². The zero-order chi connectivity index (χ0) is 15.7. The lowest BCUT2D eigenvalue weighted by Crippen LogP contribution is -2.75. The van der Waals surface area contributed by atoms with Crippen molar-refractivity contribution in [1.82, 2.24) is 5.32 Å². The largest absolute Gasteiger partial charge is 0.387 e. The number of amides is 1. The zero-order valence-corrected chi connectivity index (χ0v) is 13.6. The fraction of sp³-hybridized carbons (Fsp3) is 0.667. The van der Waals surface area contributed by atoms with Gasteiger partial charge in [0.1, 0.15) is 5.54 Å². The first-order chi connectivity index (χ1) is 9.83. The number of carbonyl (C=O) groups excluding carboxylic acids is 1. The molecule has 4 N–H and O–H groups in total. The summed E-state index contributed by atoms with van der Waals surface area (Å²) in [5.74, 6) is -0.224. The highest BCUT2D eigenvalue weighted by atomic mass is 32.1. The first-order valence-electron chi connectivity index (χ1n) is 7.22. The van der Waals surface area contributed by atoms with Crippen LogP contribution < -0.4 is 11.1 Å². The van der Waals surface area contributed by atoms with E-state index in [1.165, 1.54) is 11.3 Å². The molecule has 21 heavy (non-hydrogen) atoms. The lowest BCUT2D eigenvalue weighted by atomic mass is 9.54. The van der Waals surface area contributed by atoms with E-state index in [9.17, 15) is 9.90 Å². The van der Waals surface area contributed by atoms with Gasteiger partial charge in [-0.05, 0) is 29.3 Å². The molecule has 0 saturated heterocycles. The highest BCUT2D eigenvalue weighted by Gasteiger charge is 2.62. The van der Waals surface area contributed by atoms with Gasteiger partial charge in [-0.25, -0.2) is 0 Å². The van der Waals surface area contributed by atoms with Crippen LogP contribution >= 0.6 is 11.3 Å². The molecule has 0 aromatic carbocycles. The minimum atomic E-state index is -0.943. The highest BCUT2D eigenvalue weighted by Crippen LogP contribution is 2.49. The van der Waals surface area contributed by atoms with Gasteiger partial charge < -0.3 is 20.9 Å². The molecular weight excluding hydrogens is 288 g/mol. The predicted octanol–water partition coefficient (Wildman–Crippen LogP) is 1.43. The third-order valence-electron chi connectivity index (χ3n) is 4.62. The minimum Gasteiger partial charge on any atom is -0.387 e. The molecule has 0 radical (unpaired) electrons. The summed E-state index contributed by atoms with van der Waals surface area (Å²) >= 11 is 1.51. The maximum atomic E-state index is 12.4. The molecule has 118 valence electrons. The Morgan fingerprint density at radius 2 is 2.38 bits per heavy atom. The van der Waals surface area contributed by atoms with Gasteiger partial charge in [-0.1, -0.05) is 13.8 Å². The second-order valence-corrected chi connectivity index (χ2v) is 6.90. The number of thiophene rings is 1. The maximum absolute atomic E-state index is 12.4. The third kappa shape index (κ3) is 2.85. The third-order valence-corrected chi connectivity index (χ3v) is 5.32. The molecule has 1 aliphatic rings. The minimum absolute atomic E-state index is 0.0000437. The average Bonchev–Trinajstić information content (AvgIpc) is 2.98. The molecule has 0 spiro atoms. The number of hydrogen-bond donors (Lipinski definition) is 3. The van der Waals surface area contributed by atoms with Crippen molar-refractivity contribution in [2.45, 2.75) is 44.9 Å².